The van der Waals surface area contributed by atoms with E-state index in [0.717, 1.165) is 16.8 Å². The zero-order chi connectivity index (χ0) is 19.8. The molecule has 3 rings (SSSR count). The van der Waals surface area contributed by atoms with Gasteiger partial charge in [0.25, 0.3) is 10.0 Å². The summed E-state index contributed by atoms with van der Waals surface area (Å²) in [5.41, 5.74) is 5.78. The molecule has 8 heteroatoms. The highest BCUT2D eigenvalue weighted by molar-refractivity contribution is 7.92. The number of aromatic nitrogens is 3. The molecular formula is C19H23N5O2S. The predicted octanol–water partition coefficient (Wildman–Crippen LogP) is 3.89. The van der Waals surface area contributed by atoms with Gasteiger partial charge in [0, 0.05) is 5.69 Å². The van der Waals surface area contributed by atoms with Gasteiger partial charge in [-0.15, -0.1) is 0 Å². The average molecular weight is 385 g/mol. The Hall–Kier alpha value is -2.87. The molecular weight excluding hydrogens is 362 g/mol. The minimum atomic E-state index is -3.73. The van der Waals surface area contributed by atoms with Gasteiger partial charge in [-0.1, -0.05) is 17.7 Å². The Bertz CT molecular complexity index is 1040. The van der Waals surface area contributed by atoms with Gasteiger partial charge >= 0.3 is 0 Å². The Morgan fingerprint density at radius 3 is 2.19 bits per heavy atom. The van der Waals surface area contributed by atoms with Gasteiger partial charge < -0.3 is 5.32 Å². The number of rotatable bonds is 5. The number of aryl methyl sites for hydroxylation is 5. The second-order valence-corrected chi connectivity index (χ2v) is 8.32. The Morgan fingerprint density at radius 2 is 1.67 bits per heavy atom. The zero-order valence-electron chi connectivity index (χ0n) is 16.0. The first-order valence-corrected chi connectivity index (χ1v) is 10.0. The summed E-state index contributed by atoms with van der Waals surface area (Å²) in [7, 11) is -3.73. The fourth-order valence-electron chi connectivity index (χ4n) is 3.18. The van der Waals surface area contributed by atoms with Crippen LogP contribution in [-0.2, 0) is 10.0 Å². The topological polar surface area (TPSA) is 99.8 Å². The molecule has 0 aliphatic rings. The smallest absolute Gasteiger partial charge is 0.265 e. The maximum Gasteiger partial charge on any atom is 0.265 e. The molecule has 2 aromatic heterocycles. The van der Waals surface area contributed by atoms with E-state index in [4.69, 9.17) is 0 Å². The lowest BCUT2D eigenvalue weighted by atomic mass is 10.1. The molecule has 142 valence electrons. The van der Waals surface area contributed by atoms with Crippen molar-refractivity contribution in [3.63, 3.8) is 0 Å². The van der Waals surface area contributed by atoms with Crippen molar-refractivity contribution in [2.45, 2.75) is 39.5 Å². The van der Waals surface area contributed by atoms with Gasteiger partial charge in [0.1, 0.15) is 10.7 Å². The summed E-state index contributed by atoms with van der Waals surface area (Å²) in [4.78, 5) is 4.49. The minimum absolute atomic E-state index is 0.163. The Morgan fingerprint density at radius 1 is 1.00 bits per heavy atom. The molecule has 2 heterocycles. The van der Waals surface area contributed by atoms with Crippen molar-refractivity contribution in [3.8, 4) is 0 Å². The fraction of sp³-hybridized carbons (Fsp3) is 0.263. The van der Waals surface area contributed by atoms with Crippen molar-refractivity contribution in [2.75, 3.05) is 10.0 Å². The van der Waals surface area contributed by atoms with E-state index in [1.807, 2.05) is 13.8 Å². The number of anilines is 3. The summed E-state index contributed by atoms with van der Waals surface area (Å²) in [5.74, 6) is 0.642. The van der Waals surface area contributed by atoms with E-state index in [2.05, 4.69) is 44.3 Å². The number of hydrogen-bond acceptors (Lipinski definition) is 5. The lowest BCUT2D eigenvalue weighted by Gasteiger charge is -2.14. The van der Waals surface area contributed by atoms with Crippen LogP contribution in [0.4, 0.5) is 17.2 Å². The van der Waals surface area contributed by atoms with Gasteiger partial charge in [-0.05, 0) is 57.9 Å². The van der Waals surface area contributed by atoms with Crippen molar-refractivity contribution in [3.05, 3.63) is 58.5 Å². The second kappa shape index (κ2) is 7.03. The number of H-pyrrole nitrogens is 1. The normalized spacial score (nSPS) is 11.4. The van der Waals surface area contributed by atoms with Gasteiger partial charge in [0.15, 0.2) is 0 Å². The molecule has 0 saturated carbocycles. The van der Waals surface area contributed by atoms with E-state index in [1.54, 1.807) is 26.0 Å². The van der Waals surface area contributed by atoms with Crippen LogP contribution in [0.15, 0.2) is 35.4 Å². The van der Waals surface area contributed by atoms with Gasteiger partial charge in [-0.2, -0.15) is 5.10 Å². The second-order valence-electron chi connectivity index (χ2n) is 6.70. The lowest BCUT2D eigenvalue weighted by molar-refractivity contribution is 0.600. The Balaban J connectivity index is 1.80. The van der Waals surface area contributed by atoms with Crippen molar-refractivity contribution in [1.82, 2.24) is 15.2 Å². The maximum atomic E-state index is 12.6. The summed E-state index contributed by atoms with van der Waals surface area (Å²) >= 11 is 0. The van der Waals surface area contributed by atoms with E-state index in [9.17, 15) is 8.42 Å². The van der Waals surface area contributed by atoms with E-state index in [-0.39, 0.29) is 4.90 Å². The molecule has 3 N–H and O–H groups in total. The fourth-order valence-corrected chi connectivity index (χ4v) is 4.59. The maximum absolute atomic E-state index is 12.6. The quantitative estimate of drug-likeness (QED) is 0.619. The molecule has 0 aliphatic heterocycles. The standard InChI is InChI=1S/C19H23N5O2S/c1-11-8-12(2)18(13(3)9-11)21-17-7-6-16(10-20-17)24-27(25,26)19-14(4)22-23-15(19)5/h6-10,24H,1-5H3,(H,20,21)(H,22,23). The SMILES string of the molecule is Cc1cc(C)c(Nc2ccc(NS(=O)(=O)c3c(C)n[nH]c3C)cn2)c(C)c1. The van der Waals surface area contributed by atoms with Crippen LogP contribution in [-0.4, -0.2) is 23.6 Å². The third kappa shape index (κ3) is 3.95. The highest BCUT2D eigenvalue weighted by Crippen LogP contribution is 2.26. The van der Waals surface area contributed by atoms with E-state index < -0.39 is 10.0 Å². The largest absolute Gasteiger partial charge is 0.340 e. The molecule has 0 unspecified atom stereocenters. The average Bonchev–Trinajstić information content (AvgIpc) is 2.91. The van der Waals surface area contributed by atoms with Crippen molar-refractivity contribution >= 4 is 27.2 Å². The van der Waals surface area contributed by atoms with Crippen molar-refractivity contribution in [2.24, 2.45) is 0 Å². The molecule has 0 saturated heterocycles. The van der Waals surface area contributed by atoms with Crippen LogP contribution in [0.2, 0.25) is 0 Å². The summed E-state index contributed by atoms with van der Waals surface area (Å²) in [5, 5.41) is 9.92. The monoisotopic (exact) mass is 385 g/mol. The van der Waals surface area contributed by atoms with Crippen molar-refractivity contribution < 1.29 is 8.42 Å². The molecule has 0 bridgehead atoms. The van der Waals surface area contributed by atoms with Gasteiger partial charge in [-0.3, -0.25) is 9.82 Å². The first-order valence-electron chi connectivity index (χ1n) is 8.52. The number of nitrogens with zero attached hydrogens (tertiary/aromatic N) is 2. The number of aromatic amines is 1. The molecule has 0 amide bonds. The van der Waals surface area contributed by atoms with Crippen LogP contribution in [0.3, 0.4) is 0 Å². The van der Waals surface area contributed by atoms with E-state index in [1.165, 1.54) is 11.8 Å². The van der Waals surface area contributed by atoms with E-state index >= 15 is 0 Å². The lowest BCUT2D eigenvalue weighted by Crippen LogP contribution is -2.14. The molecule has 3 aromatic rings. The Kier molecular flexibility index (Phi) is 4.93. The predicted molar refractivity (Wildman–Crippen MR) is 107 cm³/mol. The number of nitrogens with one attached hydrogen (secondary N) is 3. The zero-order valence-corrected chi connectivity index (χ0v) is 16.8. The number of pyridine rings is 1. The summed E-state index contributed by atoms with van der Waals surface area (Å²) < 4.78 is 27.7. The molecule has 0 aliphatic carbocycles. The first kappa shape index (κ1) is 18.9. The van der Waals surface area contributed by atoms with Crippen LogP contribution in [0.1, 0.15) is 28.1 Å². The van der Waals surface area contributed by atoms with Crippen LogP contribution < -0.4 is 10.0 Å². The molecule has 0 radical (unpaired) electrons. The first-order chi connectivity index (χ1) is 12.7. The molecule has 27 heavy (non-hydrogen) atoms. The molecule has 1 aromatic carbocycles. The van der Waals surface area contributed by atoms with Gasteiger partial charge in [0.05, 0.1) is 23.3 Å². The third-order valence-corrected chi connectivity index (χ3v) is 5.92. The molecule has 0 fully saturated rings. The van der Waals surface area contributed by atoms with E-state index in [0.29, 0.717) is 22.9 Å². The Labute approximate surface area is 159 Å². The van der Waals surface area contributed by atoms with Gasteiger partial charge in [0.2, 0.25) is 0 Å². The van der Waals surface area contributed by atoms with Crippen LogP contribution in [0.5, 0.6) is 0 Å². The summed E-state index contributed by atoms with van der Waals surface area (Å²) in [6.45, 7) is 9.47. The van der Waals surface area contributed by atoms with Crippen LogP contribution >= 0.6 is 0 Å². The highest BCUT2D eigenvalue weighted by Gasteiger charge is 2.22. The van der Waals surface area contributed by atoms with Gasteiger partial charge in [-0.25, -0.2) is 13.4 Å². The van der Waals surface area contributed by atoms with Crippen LogP contribution in [0, 0.1) is 34.6 Å². The molecule has 7 nitrogen and oxygen atoms in total. The third-order valence-electron chi connectivity index (χ3n) is 4.28. The minimum Gasteiger partial charge on any atom is -0.340 e. The summed E-state index contributed by atoms with van der Waals surface area (Å²) in [6.07, 6.45) is 1.49. The van der Waals surface area contributed by atoms with Crippen molar-refractivity contribution in [1.29, 1.82) is 0 Å². The number of hydrogen-bond donors (Lipinski definition) is 3. The number of benzene rings is 1. The highest BCUT2D eigenvalue weighted by atomic mass is 32.2. The molecule has 0 atom stereocenters. The van der Waals surface area contributed by atoms with Crippen LogP contribution in [0.25, 0.3) is 0 Å². The molecule has 0 spiro atoms. The summed E-state index contributed by atoms with van der Waals surface area (Å²) in [6, 6.07) is 7.63. The number of sulfonamides is 1.